The molecular weight excluding hydrogens is 310 g/mol. The van der Waals surface area contributed by atoms with E-state index in [1.807, 2.05) is 0 Å². The quantitative estimate of drug-likeness (QED) is 0.879. The molecule has 1 atom stereocenters. The van der Waals surface area contributed by atoms with Crippen LogP contribution in [0, 0.1) is 0 Å². The first-order valence-electron chi connectivity index (χ1n) is 9.36. The molecule has 134 valence electrons. The van der Waals surface area contributed by atoms with Crippen molar-refractivity contribution >= 4 is 16.7 Å². The van der Waals surface area contributed by atoms with E-state index in [-0.39, 0.29) is 11.9 Å². The van der Waals surface area contributed by atoms with Crippen LogP contribution < -0.4 is 5.32 Å². The molecule has 1 fully saturated rings. The van der Waals surface area contributed by atoms with Crippen LogP contribution in [0.4, 0.5) is 0 Å². The highest BCUT2D eigenvalue weighted by atomic mass is 16.2. The lowest BCUT2D eigenvalue weighted by molar-refractivity contribution is -0.123. The van der Waals surface area contributed by atoms with Crippen LogP contribution in [0.3, 0.4) is 0 Å². The summed E-state index contributed by atoms with van der Waals surface area (Å²) in [5.41, 5.74) is 1.39. The highest BCUT2D eigenvalue weighted by Crippen LogP contribution is 2.20. The second-order valence-corrected chi connectivity index (χ2v) is 7.07. The van der Waals surface area contributed by atoms with Gasteiger partial charge in [0.05, 0.1) is 6.54 Å². The number of carbonyl (C=O) groups excluding carboxylic acids is 1. The van der Waals surface area contributed by atoms with E-state index in [2.05, 4.69) is 71.4 Å². The zero-order chi connectivity index (χ0) is 17.6. The third kappa shape index (κ3) is 4.80. The van der Waals surface area contributed by atoms with E-state index >= 15 is 0 Å². The van der Waals surface area contributed by atoms with Gasteiger partial charge in [-0.05, 0) is 29.7 Å². The van der Waals surface area contributed by atoms with Crippen LogP contribution in [0.25, 0.3) is 10.8 Å². The predicted molar refractivity (Wildman–Crippen MR) is 104 cm³/mol. The number of rotatable bonds is 6. The summed E-state index contributed by atoms with van der Waals surface area (Å²) in [6.45, 7) is 9.59. The molecule has 0 aliphatic carbocycles. The van der Waals surface area contributed by atoms with Gasteiger partial charge in [0.2, 0.25) is 5.91 Å². The zero-order valence-electron chi connectivity index (χ0n) is 15.4. The lowest BCUT2D eigenvalue weighted by Gasteiger charge is -2.34. The molecule has 1 aliphatic rings. The Labute approximate surface area is 150 Å². The molecule has 0 unspecified atom stereocenters. The SMILES string of the molecule is CC[C@@H](C)NC(=O)CN1CCN(Cc2cccc3ccccc23)CC1. The Morgan fingerprint density at radius 1 is 1.04 bits per heavy atom. The standard InChI is InChI=1S/C21H29N3O/c1-3-17(2)22-21(25)16-24-13-11-23(12-14-24)15-19-9-6-8-18-7-4-5-10-20(18)19/h4-10,17H,3,11-16H2,1-2H3,(H,22,25)/t17-/m1/s1. The normalized spacial score (nSPS) is 17.5. The van der Waals surface area contributed by atoms with E-state index in [0.717, 1.165) is 39.1 Å². The largest absolute Gasteiger partial charge is 0.353 e. The van der Waals surface area contributed by atoms with Crippen molar-refractivity contribution in [3.63, 3.8) is 0 Å². The van der Waals surface area contributed by atoms with Crippen LogP contribution in [-0.4, -0.2) is 54.5 Å². The summed E-state index contributed by atoms with van der Waals surface area (Å²) in [7, 11) is 0. The highest BCUT2D eigenvalue weighted by Gasteiger charge is 2.19. The average Bonchev–Trinajstić information content (AvgIpc) is 2.63. The van der Waals surface area contributed by atoms with Crippen LogP contribution >= 0.6 is 0 Å². The topological polar surface area (TPSA) is 35.6 Å². The lowest BCUT2D eigenvalue weighted by Crippen LogP contribution is -2.49. The van der Waals surface area contributed by atoms with Crippen LogP contribution in [0.5, 0.6) is 0 Å². The van der Waals surface area contributed by atoms with E-state index in [0.29, 0.717) is 6.54 Å². The molecule has 2 aromatic rings. The van der Waals surface area contributed by atoms with Gasteiger partial charge in [0.1, 0.15) is 0 Å². The molecule has 25 heavy (non-hydrogen) atoms. The van der Waals surface area contributed by atoms with Crippen molar-refractivity contribution in [3.8, 4) is 0 Å². The van der Waals surface area contributed by atoms with Crippen LogP contribution in [0.15, 0.2) is 42.5 Å². The maximum Gasteiger partial charge on any atom is 0.234 e. The van der Waals surface area contributed by atoms with Crippen molar-refractivity contribution in [2.45, 2.75) is 32.9 Å². The Balaban J connectivity index is 1.52. The van der Waals surface area contributed by atoms with Crippen LogP contribution in [-0.2, 0) is 11.3 Å². The fourth-order valence-corrected chi connectivity index (χ4v) is 3.40. The monoisotopic (exact) mass is 339 g/mol. The van der Waals surface area contributed by atoms with Crippen molar-refractivity contribution in [2.24, 2.45) is 0 Å². The summed E-state index contributed by atoms with van der Waals surface area (Å²) in [6.07, 6.45) is 0.977. The molecule has 1 amide bonds. The zero-order valence-corrected chi connectivity index (χ0v) is 15.4. The number of carbonyl (C=O) groups is 1. The third-order valence-electron chi connectivity index (χ3n) is 5.13. The summed E-state index contributed by atoms with van der Waals surface area (Å²) in [4.78, 5) is 16.8. The van der Waals surface area contributed by atoms with Crippen molar-refractivity contribution in [3.05, 3.63) is 48.0 Å². The minimum absolute atomic E-state index is 0.150. The Morgan fingerprint density at radius 2 is 1.72 bits per heavy atom. The van der Waals surface area contributed by atoms with Crippen molar-refractivity contribution in [2.75, 3.05) is 32.7 Å². The fraction of sp³-hybridized carbons (Fsp3) is 0.476. The number of piperazine rings is 1. The van der Waals surface area contributed by atoms with Gasteiger partial charge in [0, 0.05) is 38.8 Å². The van der Waals surface area contributed by atoms with Gasteiger partial charge in [-0.2, -0.15) is 0 Å². The molecule has 0 spiro atoms. The van der Waals surface area contributed by atoms with Crippen LogP contribution in [0.2, 0.25) is 0 Å². The molecule has 1 saturated heterocycles. The minimum Gasteiger partial charge on any atom is -0.353 e. The van der Waals surface area contributed by atoms with Crippen molar-refractivity contribution in [1.29, 1.82) is 0 Å². The van der Waals surface area contributed by atoms with E-state index in [1.165, 1.54) is 16.3 Å². The van der Waals surface area contributed by atoms with Gasteiger partial charge in [-0.15, -0.1) is 0 Å². The first-order chi connectivity index (χ1) is 12.2. The molecular formula is C21H29N3O. The molecule has 4 nitrogen and oxygen atoms in total. The van der Waals surface area contributed by atoms with E-state index in [4.69, 9.17) is 0 Å². The molecule has 4 heteroatoms. The molecule has 2 aromatic carbocycles. The number of benzene rings is 2. The smallest absolute Gasteiger partial charge is 0.234 e. The molecule has 0 radical (unpaired) electrons. The summed E-state index contributed by atoms with van der Waals surface area (Å²) in [5, 5.41) is 5.71. The fourth-order valence-electron chi connectivity index (χ4n) is 3.40. The predicted octanol–water partition coefficient (Wildman–Crippen LogP) is 2.87. The van der Waals surface area contributed by atoms with Gasteiger partial charge < -0.3 is 5.32 Å². The summed E-state index contributed by atoms with van der Waals surface area (Å²) >= 11 is 0. The molecule has 0 bridgehead atoms. The van der Waals surface area contributed by atoms with Gasteiger partial charge >= 0.3 is 0 Å². The van der Waals surface area contributed by atoms with Gasteiger partial charge in [0.25, 0.3) is 0 Å². The van der Waals surface area contributed by atoms with E-state index < -0.39 is 0 Å². The average molecular weight is 339 g/mol. The first-order valence-corrected chi connectivity index (χ1v) is 9.36. The van der Waals surface area contributed by atoms with E-state index in [1.54, 1.807) is 0 Å². The number of hydrogen-bond acceptors (Lipinski definition) is 3. The second-order valence-electron chi connectivity index (χ2n) is 7.07. The Kier molecular flexibility index (Phi) is 6.05. The summed E-state index contributed by atoms with van der Waals surface area (Å²) in [5.74, 6) is 0.150. The van der Waals surface area contributed by atoms with Crippen molar-refractivity contribution in [1.82, 2.24) is 15.1 Å². The third-order valence-corrected chi connectivity index (χ3v) is 5.13. The Hall–Kier alpha value is -1.91. The summed E-state index contributed by atoms with van der Waals surface area (Å²) in [6, 6.07) is 15.4. The molecule has 1 heterocycles. The van der Waals surface area contributed by atoms with Gasteiger partial charge in [-0.25, -0.2) is 0 Å². The van der Waals surface area contributed by atoms with Gasteiger partial charge in [0.15, 0.2) is 0 Å². The first kappa shape index (κ1) is 17.9. The molecule has 1 aliphatic heterocycles. The number of nitrogens with one attached hydrogen (secondary N) is 1. The molecule has 0 saturated carbocycles. The number of hydrogen-bond donors (Lipinski definition) is 1. The number of fused-ring (bicyclic) bond motifs is 1. The Bertz CT molecular complexity index is 702. The van der Waals surface area contributed by atoms with Gasteiger partial charge in [-0.1, -0.05) is 49.4 Å². The maximum atomic E-state index is 12.0. The van der Waals surface area contributed by atoms with Crippen LogP contribution in [0.1, 0.15) is 25.8 Å². The van der Waals surface area contributed by atoms with Gasteiger partial charge in [-0.3, -0.25) is 14.6 Å². The second kappa shape index (κ2) is 8.45. The molecule has 1 N–H and O–H groups in total. The van der Waals surface area contributed by atoms with E-state index in [9.17, 15) is 4.79 Å². The molecule has 0 aromatic heterocycles. The lowest BCUT2D eigenvalue weighted by atomic mass is 10.0. The highest BCUT2D eigenvalue weighted by molar-refractivity contribution is 5.85. The summed E-state index contributed by atoms with van der Waals surface area (Å²) < 4.78 is 0. The minimum atomic E-state index is 0.150. The number of nitrogens with zero attached hydrogens (tertiary/aromatic N) is 2. The number of amides is 1. The molecule has 3 rings (SSSR count). The Morgan fingerprint density at radius 3 is 2.48 bits per heavy atom. The van der Waals surface area contributed by atoms with Crippen molar-refractivity contribution < 1.29 is 4.79 Å². The maximum absolute atomic E-state index is 12.0.